The number of amides is 2. The summed E-state index contributed by atoms with van der Waals surface area (Å²) in [5.74, 6) is -0.484. The van der Waals surface area contributed by atoms with Gasteiger partial charge in [-0.2, -0.15) is 10.4 Å². The van der Waals surface area contributed by atoms with Crippen molar-refractivity contribution in [2.24, 2.45) is 17.1 Å². The third kappa shape index (κ3) is 2.94. The van der Waals surface area contributed by atoms with Gasteiger partial charge in [0, 0.05) is 29.8 Å². The van der Waals surface area contributed by atoms with Crippen molar-refractivity contribution >= 4 is 38.9 Å². The monoisotopic (exact) mass is 430 g/mol. The molecule has 0 bridgehead atoms. The normalized spacial score (nSPS) is 23.2. The molecule has 2 amide bonds. The van der Waals surface area contributed by atoms with Crippen LogP contribution in [0.2, 0.25) is 0 Å². The molecule has 27 heavy (non-hydrogen) atoms. The molecular formula is C18H19BrN6O2. The molecule has 4 rings (SSSR count). The second-order valence-corrected chi connectivity index (χ2v) is 8.33. The summed E-state index contributed by atoms with van der Waals surface area (Å²) in [6.45, 7) is 3.11. The van der Waals surface area contributed by atoms with Gasteiger partial charge in [-0.15, -0.1) is 0 Å². The number of anilines is 1. The molecule has 2 fully saturated rings. The number of likely N-dealkylation sites (tertiary alicyclic amines) is 1. The van der Waals surface area contributed by atoms with Gasteiger partial charge in [-0.3, -0.25) is 9.59 Å². The Kier molecular flexibility index (Phi) is 4.11. The lowest BCUT2D eigenvalue weighted by Gasteiger charge is -2.21. The quantitative estimate of drug-likeness (QED) is 0.765. The molecule has 3 N–H and O–H groups in total. The van der Waals surface area contributed by atoms with E-state index in [0.29, 0.717) is 37.2 Å². The Labute approximate surface area is 164 Å². The lowest BCUT2D eigenvalue weighted by Crippen LogP contribution is -2.36. The van der Waals surface area contributed by atoms with Gasteiger partial charge in [0.15, 0.2) is 0 Å². The summed E-state index contributed by atoms with van der Waals surface area (Å²) in [5, 5.41) is 16.9. The summed E-state index contributed by atoms with van der Waals surface area (Å²) in [6, 6.07) is 3.98. The fourth-order valence-corrected chi connectivity index (χ4v) is 4.08. The highest BCUT2D eigenvalue weighted by molar-refractivity contribution is 9.10. The van der Waals surface area contributed by atoms with E-state index in [1.165, 1.54) is 6.20 Å². The lowest BCUT2D eigenvalue weighted by atomic mass is 10.1. The lowest BCUT2D eigenvalue weighted by molar-refractivity contribution is -0.134. The van der Waals surface area contributed by atoms with E-state index in [9.17, 15) is 14.9 Å². The van der Waals surface area contributed by atoms with Crippen molar-refractivity contribution in [1.29, 1.82) is 5.26 Å². The molecule has 8 nitrogen and oxygen atoms in total. The maximum absolute atomic E-state index is 12.7. The summed E-state index contributed by atoms with van der Waals surface area (Å²) in [4.78, 5) is 26.3. The Morgan fingerprint density at radius 2 is 2.19 bits per heavy atom. The zero-order valence-electron chi connectivity index (χ0n) is 14.8. The Balaban J connectivity index is 1.62. The topological polar surface area (TPSA) is 117 Å². The van der Waals surface area contributed by atoms with Crippen LogP contribution in [0.4, 0.5) is 5.69 Å². The number of aromatic nitrogens is 2. The van der Waals surface area contributed by atoms with Crippen molar-refractivity contribution < 1.29 is 9.59 Å². The van der Waals surface area contributed by atoms with Crippen LogP contribution in [0.5, 0.6) is 0 Å². The van der Waals surface area contributed by atoms with Crippen molar-refractivity contribution in [3.8, 4) is 6.07 Å². The van der Waals surface area contributed by atoms with Crippen molar-refractivity contribution in [1.82, 2.24) is 14.5 Å². The first-order valence-corrected chi connectivity index (χ1v) is 9.58. The van der Waals surface area contributed by atoms with E-state index < -0.39 is 11.3 Å². The van der Waals surface area contributed by atoms with Crippen molar-refractivity contribution in [3.63, 3.8) is 0 Å². The zero-order chi connectivity index (χ0) is 19.3. The zero-order valence-corrected chi connectivity index (χ0v) is 16.4. The Bertz CT molecular complexity index is 990. The molecule has 0 spiro atoms. The predicted molar refractivity (Wildman–Crippen MR) is 102 cm³/mol. The number of halogens is 1. The van der Waals surface area contributed by atoms with Crippen molar-refractivity contribution in [3.05, 3.63) is 28.5 Å². The number of nitrogens with zero attached hydrogens (tertiary/aromatic N) is 4. The average Bonchev–Trinajstić information content (AvgIpc) is 3.21. The highest BCUT2D eigenvalue weighted by Gasteiger charge is 2.54. The van der Waals surface area contributed by atoms with E-state index in [0.717, 1.165) is 9.99 Å². The number of carbonyl (C=O) groups is 2. The Hall–Kier alpha value is -2.60. The number of carbonyl (C=O) groups excluding carboxylic acids is 2. The minimum absolute atomic E-state index is 0.0542. The first-order valence-electron chi connectivity index (χ1n) is 8.78. The predicted octanol–water partition coefficient (Wildman–Crippen LogP) is 1.76. The van der Waals surface area contributed by atoms with E-state index in [-0.39, 0.29) is 17.9 Å². The second-order valence-electron chi connectivity index (χ2n) is 7.42. The Morgan fingerprint density at radius 1 is 1.44 bits per heavy atom. The molecule has 2 aromatic rings. The van der Waals surface area contributed by atoms with Crippen LogP contribution in [0.25, 0.3) is 5.52 Å². The first-order chi connectivity index (χ1) is 12.8. The van der Waals surface area contributed by atoms with Gasteiger partial charge < -0.3 is 16.0 Å². The fourth-order valence-electron chi connectivity index (χ4n) is 3.67. The van der Waals surface area contributed by atoms with E-state index >= 15 is 0 Å². The smallest absolute Gasteiger partial charge is 0.252 e. The summed E-state index contributed by atoms with van der Waals surface area (Å²) >= 11 is 3.42. The number of primary amides is 1. The molecule has 1 saturated heterocycles. The number of nitrogens with one attached hydrogen (secondary N) is 1. The van der Waals surface area contributed by atoms with Crippen LogP contribution in [0.3, 0.4) is 0 Å². The van der Waals surface area contributed by atoms with Crippen LogP contribution in [0.15, 0.2) is 22.9 Å². The highest BCUT2D eigenvalue weighted by atomic mass is 79.9. The molecule has 2 aliphatic rings. The maximum Gasteiger partial charge on any atom is 0.252 e. The van der Waals surface area contributed by atoms with E-state index in [4.69, 9.17) is 5.73 Å². The van der Waals surface area contributed by atoms with Gasteiger partial charge in [0.05, 0.1) is 29.0 Å². The SMILES string of the molecule is C[C@H]1CN(C(=O)C2(C#N)CC2)C[C@H]1Nc1c(C(N)=O)cnn2cc(Br)cc12. The van der Waals surface area contributed by atoms with Gasteiger partial charge in [-0.05, 0) is 40.8 Å². The molecule has 2 atom stereocenters. The number of hydrogen-bond donors (Lipinski definition) is 2. The molecule has 1 saturated carbocycles. The molecular weight excluding hydrogens is 412 g/mol. The van der Waals surface area contributed by atoms with Crippen LogP contribution in [-0.4, -0.2) is 45.5 Å². The summed E-state index contributed by atoms with van der Waals surface area (Å²) in [7, 11) is 0. The third-order valence-electron chi connectivity index (χ3n) is 5.47. The summed E-state index contributed by atoms with van der Waals surface area (Å²) in [5.41, 5.74) is 6.36. The molecule has 1 aliphatic heterocycles. The first kappa shape index (κ1) is 17.8. The standard InChI is InChI=1S/C18H19BrN6O2/c1-10-6-24(17(27)18(9-20)2-3-18)8-13(10)23-15-12(16(21)26)5-22-25-7-11(19)4-14(15)25/h4-5,7,10,13,23H,2-3,6,8H2,1H3,(H2,21,26)/t10-,13+/m0/s1. The molecule has 140 valence electrons. The van der Waals surface area contributed by atoms with E-state index in [1.807, 2.05) is 13.0 Å². The number of rotatable bonds is 4. The minimum atomic E-state index is -0.816. The van der Waals surface area contributed by atoms with Crippen LogP contribution >= 0.6 is 15.9 Å². The maximum atomic E-state index is 12.7. The van der Waals surface area contributed by atoms with Gasteiger partial charge >= 0.3 is 0 Å². The van der Waals surface area contributed by atoms with E-state index in [2.05, 4.69) is 32.4 Å². The fraction of sp³-hybridized carbons (Fsp3) is 0.444. The number of hydrogen-bond acceptors (Lipinski definition) is 5. The number of fused-ring (bicyclic) bond motifs is 1. The van der Waals surface area contributed by atoms with Crippen molar-refractivity contribution in [2.45, 2.75) is 25.8 Å². The minimum Gasteiger partial charge on any atom is -0.378 e. The van der Waals surface area contributed by atoms with E-state index in [1.54, 1.807) is 15.6 Å². The van der Waals surface area contributed by atoms with Gasteiger partial charge in [-0.25, -0.2) is 4.52 Å². The number of nitrogens with two attached hydrogens (primary N) is 1. The van der Waals surface area contributed by atoms with Gasteiger partial charge in [-0.1, -0.05) is 6.92 Å². The second kappa shape index (κ2) is 6.23. The third-order valence-corrected chi connectivity index (χ3v) is 5.91. The molecule has 1 aliphatic carbocycles. The van der Waals surface area contributed by atoms with Gasteiger partial charge in [0.2, 0.25) is 5.91 Å². The number of nitriles is 1. The molecule has 9 heteroatoms. The van der Waals surface area contributed by atoms with Crippen molar-refractivity contribution in [2.75, 3.05) is 18.4 Å². The van der Waals surface area contributed by atoms with Crippen LogP contribution < -0.4 is 11.1 Å². The Morgan fingerprint density at radius 3 is 2.81 bits per heavy atom. The molecule has 2 aromatic heterocycles. The summed E-state index contributed by atoms with van der Waals surface area (Å²) in [6.07, 6.45) is 4.52. The van der Waals surface area contributed by atoms with Gasteiger partial charge in [0.25, 0.3) is 5.91 Å². The van der Waals surface area contributed by atoms with Crippen LogP contribution in [-0.2, 0) is 4.79 Å². The summed E-state index contributed by atoms with van der Waals surface area (Å²) < 4.78 is 2.50. The highest BCUT2D eigenvalue weighted by Crippen LogP contribution is 2.47. The van der Waals surface area contributed by atoms with Crippen LogP contribution in [0, 0.1) is 22.7 Å². The molecule has 3 heterocycles. The van der Waals surface area contributed by atoms with Gasteiger partial charge in [0.1, 0.15) is 5.41 Å². The van der Waals surface area contributed by atoms with Crippen LogP contribution in [0.1, 0.15) is 30.1 Å². The largest absolute Gasteiger partial charge is 0.378 e. The molecule has 0 radical (unpaired) electrons. The molecule has 0 unspecified atom stereocenters. The average molecular weight is 431 g/mol. The molecule has 0 aromatic carbocycles.